The van der Waals surface area contributed by atoms with E-state index in [4.69, 9.17) is 16.6 Å². The lowest BCUT2D eigenvalue weighted by atomic mass is 10.1. The highest BCUT2D eigenvalue weighted by atomic mass is 35.5. The van der Waals surface area contributed by atoms with Crippen molar-refractivity contribution in [3.63, 3.8) is 0 Å². The maximum absolute atomic E-state index is 10.4. The highest BCUT2D eigenvalue weighted by molar-refractivity contribution is 5.85. The molecule has 0 radical (unpaired) electrons. The number of hydrogen-bond donors (Lipinski definition) is 3. The van der Waals surface area contributed by atoms with E-state index in [9.17, 15) is 4.79 Å². The molecule has 0 aromatic carbocycles. The van der Waals surface area contributed by atoms with Crippen molar-refractivity contribution < 1.29 is 9.90 Å². The van der Waals surface area contributed by atoms with Gasteiger partial charge >= 0.3 is 5.97 Å². The highest BCUT2D eigenvalue weighted by Crippen LogP contribution is 2.04. The average molecular weight is 254 g/mol. The number of halogens is 2. The van der Waals surface area contributed by atoms with Crippen LogP contribution >= 0.6 is 24.8 Å². The van der Waals surface area contributed by atoms with Gasteiger partial charge in [0.05, 0.1) is 0 Å². The topological polar surface area (TPSA) is 102 Å². The number of aromatic nitrogens is 1. The summed E-state index contributed by atoms with van der Waals surface area (Å²) < 4.78 is 0. The van der Waals surface area contributed by atoms with Crippen molar-refractivity contribution in [3.8, 4) is 0 Å². The van der Waals surface area contributed by atoms with Gasteiger partial charge < -0.3 is 16.6 Å². The summed E-state index contributed by atoms with van der Waals surface area (Å²) >= 11 is 0. The Morgan fingerprint density at radius 3 is 2.60 bits per heavy atom. The minimum Gasteiger partial charge on any atom is -0.480 e. The normalized spacial score (nSPS) is 10.7. The molecule has 0 fully saturated rings. The molecule has 86 valence electrons. The lowest BCUT2D eigenvalue weighted by molar-refractivity contribution is -0.138. The van der Waals surface area contributed by atoms with Crippen molar-refractivity contribution >= 4 is 36.5 Å². The van der Waals surface area contributed by atoms with Crippen molar-refractivity contribution in [3.05, 3.63) is 24.0 Å². The Labute approximate surface area is 99.7 Å². The van der Waals surface area contributed by atoms with Gasteiger partial charge in [0, 0.05) is 24.0 Å². The molecule has 0 saturated heterocycles. The smallest absolute Gasteiger partial charge is 0.320 e. The fourth-order valence-electron chi connectivity index (χ4n) is 0.921. The van der Waals surface area contributed by atoms with Gasteiger partial charge in [-0.05, 0) is 12.1 Å². The zero-order valence-electron chi connectivity index (χ0n) is 7.79. The summed E-state index contributed by atoms with van der Waals surface area (Å²) in [5, 5.41) is 8.53. The molecule has 0 aliphatic carbocycles. The van der Waals surface area contributed by atoms with Crippen LogP contribution in [0, 0.1) is 0 Å². The largest absolute Gasteiger partial charge is 0.480 e. The van der Waals surface area contributed by atoms with E-state index in [2.05, 4.69) is 4.98 Å². The third-order valence-electron chi connectivity index (χ3n) is 1.59. The van der Waals surface area contributed by atoms with E-state index in [1.165, 1.54) is 6.20 Å². The Hall–Kier alpha value is -1.04. The zero-order chi connectivity index (χ0) is 9.84. The van der Waals surface area contributed by atoms with E-state index in [-0.39, 0.29) is 31.2 Å². The molecule has 1 aromatic rings. The molecule has 0 aliphatic rings. The summed E-state index contributed by atoms with van der Waals surface area (Å²) in [6.45, 7) is 0. The third-order valence-corrected chi connectivity index (χ3v) is 1.59. The SMILES string of the molecule is Cl.Cl.Nc1ccnc(CC(N)C(=O)O)c1. The van der Waals surface area contributed by atoms with E-state index < -0.39 is 12.0 Å². The number of hydrogen-bond acceptors (Lipinski definition) is 4. The summed E-state index contributed by atoms with van der Waals surface area (Å²) in [6, 6.07) is 2.33. The maximum Gasteiger partial charge on any atom is 0.320 e. The fourth-order valence-corrected chi connectivity index (χ4v) is 0.921. The molecular weight excluding hydrogens is 241 g/mol. The molecule has 1 rings (SSSR count). The number of nitrogen functional groups attached to an aromatic ring is 1. The Bertz CT molecular complexity index is 323. The van der Waals surface area contributed by atoms with Gasteiger partial charge in [-0.3, -0.25) is 9.78 Å². The van der Waals surface area contributed by atoms with Crippen LogP contribution in [-0.2, 0) is 11.2 Å². The summed E-state index contributed by atoms with van der Waals surface area (Å²) in [5.74, 6) is -1.04. The number of nitrogens with two attached hydrogens (primary N) is 2. The van der Waals surface area contributed by atoms with Crippen LogP contribution in [0.4, 0.5) is 5.69 Å². The first kappa shape index (κ1) is 16.4. The fraction of sp³-hybridized carbons (Fsp3) is 0.250. The van der Waals surface area contributed by atoms with Gasteiger partial charge in [0.2, 0.25) is 0 Å². The van der Waals surface area contributed by atoms with Gasteiger partial charge in [-0.15, -0.1) is 24.8 Å². The number of aliphatic carboxylic acids is 1. The summed E-state index contributed by atoms with van der Waals surface area (Å²) in [5.41, 5.74) is 12.0. The molecule has 1 atom stereocenters. The van der Waals surface area contributed by atoms with E-state index in [0.717, 1.165) is 0 Å². The monoisotopic (exact) mass is 253 g/mol. The molecule has 0 saturated carbocycles. The van der Waals surface area contributed by atoms with Crippen LogP contribution < -0.4 is 11.5 Å². The van der Waals surface area contributed by atoms with Crippen LogP contribution in [-0.4, -0.2) is 22.1 Å². The predicted molar refractivity (Wildman–Crippen MR) is 62.5 cm³/mol. The third kappa shape index (κ3) is 5.41. The number of pyridine rings is 1. The average Bonchev–Trinajstić information content (AvgIpc) is 2.04. The van der Waals surface area contributed by atoms with Crippen LogP contribution in [0.1, 0.15) is 5.69 Å². The first-order chi connectivity index (χ1) is 6.09. The molecule has 1 aromatic heterocycles. The molecule has 5 N–H and O–H groups in total. The van der Waals surface area contributed by atoms with Crippen molar-refractivity contribution in [2.75, 3.05) is 5.73 Å². The zero-order valence-corrected chi connectivity index (χ0v) is 9.42. The van der Waals surface area contributed by atoms with Gasteiger partial charge in [-0.2, -0.15) is 0 Å². The van der Waals surface area contributed by atoms with Gasteiger partial charge in [0.1, 0.15) is 6.04 Å². The minimum absolute atomic E-state index is 0. The Kier molecular flexibility index (Phi) is 7.95. The molecule has 0 amide bonds. The number of nitrogens with zero attached hydrogens (tertiary/aromatic N) is 1. The standard InChI is InChI=1S/C8H11N3O2.2ClH/c9-5-1-2-11-6(3-5)4-7(10)8(12)13;;/h1-3,7H,4,10H2,(H2,9,11)(H,12,13);2*1H. The lowest BCUT2D eigenvalue weighted by Crippen LogP contribution is -2.32. The van der Waals surface area contributed by atoms with E-state index in [0.29, 0.717) is 11.4 Å². The Balaban J connectivity index is 0. The van der Waals surface area contributed by atoms with E-state index >= 15 is 0 Å². The van der Waals surface area contributed by atoms with Gasteiger partial charge in [0.25, 0.3) is 0 Å². The van der Waals surface area contributed by atoms with Crippen molar-refractivity contribution in [1.29, 1.82) is 0 Å². The van der Waals surface area contributed by atoms with Crippen LogP contribution in [0.25, 0.3) is 0 Å². The second kappa shape index (κ2) is 7.28. The molecule has 5 nitrogen and oxygen atoms in total. The molecule has 7 heteroatoms. The van der Waals surface area contributed by atoms with Crippen LogP contribution in [0.15, 0.2) is 18.3 Å². The van der Waals surface area contributed by atoms with Gasteiger partial charge in [-0.25, -0.2) is 0 Å². The lowest BCUT2D eigenvalue weighted by Gasteiger charge is -2.05. The molecule has 1 unspecified atom stereocenters. The first-order valence-corrected chi connectivity index (χ1v) is 3.78. The molecule has 1 heterocycles. The van der Waals surface area contributed by atoms with E-state index in [1.807, 2.05) is 0 Å². The molecule has 0 bridgehead atoms. The number of carbonyl (C=O) groups is 1. The summed E-state index contributed by atoms with van der Waals surface area (Å²) in [7, 11) is 0. The minimum atomic E-state index is -1.04. The summed E-state index contributed by atoms with van der Waals surface area (Å²) in [4.78, 5) is 14.3. The molecule has 0 aliphatic heterocycles. The van der Waals surface area contributed by atoms with E-state index in [1.54, 1.807) is 12.1 Å². The number of anilines is 1. The quantitative estimate of drug-likeness (QED) is 0.727. The maximum atomic E-state index is 10.4. The van der Waals surface area contributed by atoms with Gasteiger partial charge in [0.15, 0.2) is 0 Å². The first-order valence-electron chi connectivity index (χ1n) is 3.78. The predicted octanol–water partition coefficient (Wildman–Crippen LogP) is 0.462. The number of carboxylic acid groups (broad SMARTS) is 1. The highest BCUT2D eigenvalue weighted by Gasteiger charge is 2.12. The molecule has 0 spiro atoms. The number of rotatable bonds is 3. The Morgan fingerprint density at radius 1 is 1.53 bits per heavy atom. The van der Waals surface area contributed by atoms with Crippen molar-refractivity contribution in [1.82, 2.24) is 4.98 Å². The second-order valence-corrected chi connectivity index (χ2v) is 2.73. The molecular formula is C8H13Cl2N3O2. The molecule has 15 heavy (non-hydrogen) atoms. The Morgan fingerprint density at radius 2 is 2.13 bits per heavy atom. The number of carboxylic acids is 1. The van der Waals surface area contributed by atoms with Crippen LogP contribution in [0.5, 0.6) is 0 Å². The van der Waals surface area contributed by atoms with Crippen molar-refractivity contribution in [2.24, 2.45) is 5.73 Å². The van der Waals surface area contributed by atoms with Gasteiger partial charge in [-0.1, -0.05) is 0 Å². The van der Waals surface area contributed by atoms with Crippen molar-refractivity contribution in [2.45, 2.75) is 12.5 Å². The van der Waals surface area contributed by atoms with Crippen LogP contribution in [0.2, 0.25) is 0 Å². The summed E-state index contributed by atoms with van der Waals surface area (Å²) in [6.07, 6.45) is 1.72. The second-order valence-electron chi connectivity index (χ2n) is 2.73. The van der Waals surface area contributed by atoms with Crippen LogP contribution in [0.3, 0.4) is 0 Å².